The van der Waals surface area contributed by atoms with Crippen molar-refractivity contribution in [2.24, 2.45) is 0 Å². The molecule has 80 valence electrons. The summed E-state index contributed by atoms with van der Waals surface area (Å²) in [6.45, 7) is 3.45. The quantitative estimate of drug-likeness (QED) is 0.443. The summed E-state index contributed by atoms with van der Waals surface area (Å²) in [6.07, 6.45) is 0.795. The largest absolute Gasteiger partial charge is 0.343 e. The molecule has 0 aliphatic rings. The maximum absolute atomic E-state index is 9.09. The van der Waals surface area contributed by atoms with Crippen LogP contribution in [0.4, 0.5) is 0 Å². The molecule has 0 atom stereocenters. The van der Waals surface area contributed by atoms with Gasteiger partial charge in [-0.15, -0.1) is 0 Å². The van der Waals surface area contributed by atoms with Gasteiger partial charge in [0.15, 0.2) is 0 Å². The molecular formula is C8H18O5. The molecule has 13 heavy (non-hydrogen) atoms. The van der Waals surface area contributed by atoms with Crippen LogP contribution in [0.15, 0.2) is 0 Å². The first-order valence-electron chi connectivity index (χ1n) is 4.42. The molecule has 0 radical (unpaired) electrons. The van der Waals surface area contributed by atoms with Crippen LogP contribution in [0.3, 0.4) is 0 Å². The van der Waals surface area contributed by atoms with E-state index < -0.39 is 11.9 Å². The van der Waals surface area contributed by atoms with E-state index in [4.69, 9.17) is 20.4 Å². The number of ether oxygens (including phenoxy) is 1. The predicted molar refractivity (Wildman–Crippen MR) is 45.2 cm³/mol. The first-order valence-corrected chi connectivity index (χ1v) is 4.42. The molecule has 5 heteroatoms. The third kappa shape index (κ3) is 5.95. The molecule has 0 aromatic carbocycles. The lowest BCUT2D eigenvalue weighted by molar-refractivity contribution is -0.473. The van der Waals surface area contributed by atoms with Gasteiger partial charge in [-0.05, 0) is 12.8 Å². The van der Waals surface area contributed by atoms with Gasteiger partial charge in [0.1, 0.15) is 0 Å². The molecule has 0 bridgehead atoms. The molecule has 4 N–H and O–H groups in total. The van der Waals surface area contributed by atoms with Gasteiger partial charge in [-0.2, -0.15) is 0 Å². The molecule has 0 aromatic heterocycles. The van der Waals surface area contributed by atoms with Crippen LogP contribution in [0, 0.1) is 0 Å². The highest BCUT2D eigenvalue weighted by atomic mass is 16.9. The number of hydrogen-bond acceptors (Lipinski definition) is 5. The molecule has 0 aliphatic carbocycles. The topological polar surface area (TPSA) is 90.2 Å². The lowest BCUT2D eigenvalue weighted by Gasteiger charge is -2.29. The molecule has 0 spiro atoms. The zero-order chi connectivity index (χ0) is 10.5. The van der Waals surface area contributed by atoms with Crippen molar-refractivity contribution in [3.05, 3.63) is 0 Å². The summed E-state index contributed by atoms with van der Waals surface area (Å²) >= 11 is 0. The van der Waals surface area contributed by atoms with Gasteiger partial charge in [0.05, 0.1) is 0 Å². The summed E-state index contributed by atoms with van der Waals surface area (Å²) in [4.78, 5) is 0. The normalized spacial score (nSPS) is 13.4. The third-order valence-electron chi connectivity index (χ3n) is 1.48. The summed E-state index contributed by atoms with van der Waals surface area (Å²) in [7, 11) is 0. The van der Waals surface area contributed by atoms with Crippen LogP contribution in [0.25, 0.3) is 0 Å². The standard InChI is InChI=1S/C8H18O5/c1-3-5-7(9,10)13-8(11,12)6-4-2/h9-12H,3-6H2,1-2H3. The summed E-state index contributed by atoms with van der Waals surface area (Å²) in [6, 6.07) is 0. The molecule has 0 aromatic rings. The second-order valence-corrected chi connectivity index (χ2v) is 3.09. The Bertz CT molecular complexity index is 127. The summed E-state index contributed by atoms with van der Waals surface area (Å²) in [5.41, 5.74) is 0. The zero-order valence-corrected chi connectivity index (χ0v) is 8.03. The van der Waals surface area contributed by atoms with Gasteiger partial charge < -0.3 is 20.4 Å². The van der Waals surface area contributed by atoms with Gasteiger partial charge in [0.25, 0.3) is 11.9 Å². The highest BCUT2D eigenvalue weighted by Gasteiger charge is 2.35. The van der Waals surface area contributed by atoms with Crippen LogP contribution in [-0.2, 0) is 4.74 Å². The second kappa shape index (κ2) is 4.88. The smallest absolute Gasteiger partial charge is 0.282 e. The molecule has 0 saturated heterocycles. The Morgan fingerprint density at radius 2 is 1.15 bits per heavy atom. The molecule has 0 aliphatic heterocycles. The predicted octanol–water partition coefficient (Wildman–Crippen LogP) is -0.120. The number of hydrogen-bond donors (Lipinski definition) is 4. The highest BCUT2D eigenvalue weighted by molar-refractivity contribution is 4.56. The average molecular weight is 194 g/mol. The molecule has 5 nitrogen and oxygen atoms in total. The minimum absolute atomic E-state index is 0.0699. The SMILES string of the molecule is CCCC(O)(O)OC(O)(O)CCC. The van der Waals surface area contributed by atoms with E-state index in [9.17, 15) is 0 Å². The number of rotatable bonds is 6. The van der Waals surface area contributed by atoms with E-state index in [0.717, 1.165) is 0 Å². The van der Waals surface area contributed by atoms with Gasteiger partial charge >= 0.3 is 0 Å². The van der Waals surface area contributed by atoms with Crippen molar-refractivity contribution in [1.29, 1.82) is 0 Å². The van der Waals surface area contributed by atoms with E-state index in [-0.39, 0.29) is 12.8 Å². The Kier molecular flexibility index (Phi) is 4.80. The van der Waals surface area contributed by atoms with E-state index in [1.54, 1.807) is 13.8 Å². The maximum Gasteiger partial charge on any atom is 0.282 e. The van der Waals surface area contributed by atoms with E-state index in [2.05, 4.69) is 4.74 Å². The van der Waals surface area contributed by atoms with Crippen molar-refractivity contribution in [2.45, 2.75) is 51.5 Å². The Morgan fingerprint density at radius 1 is 0.846 bits per heavy atom. The van der Waals surface area contributed by atoms with Gasteiger partial charge in [-0.3, -0.25) is 4.74 Å². The van der Waals surface area contributed by atoms with E-state index in [0.29, 0.717) is 12.8 Å². The Labute approximate surface area is 77.6 Å². The van der Waals surface area contributed by atoms with E-state index in [1.807, 2.05) is 0 Å². The Balaban J connectivity index is 4.07. The van der Waals surface area contributed by atoms with Crippen molar-refractivity contribution in [2.75, 3.05) is 0 Å². The number of aliphatic hydroxyl groups is 4. The van der Waals surface area contributed by atoms with Gasteiger partial charge in [-0.25, -0.2) is 0 Å². The van der Waals surface area contributed by atoms with Gasteiger partial charge in [0.2, 0.25) is 0 Å². The first kappa shape index (κ1) is 12.8. The maximum atomic E-state index is 9.09. The minimum Gasteiger partial charge on any atom is -0.343 e. The van der Waals surface area contributed by atoms with Crippen molar-refractivity contribution in [3.8, 4) is 0 Å². The van der Waals surface area contributed by atoms with E-state index >= 15 is 0 Å². The van der Waals surface area contributed by atoms with Crippen molar-refractivity contribution in [3.63, 3.8) is 0 Å². The van der Waals surface area contributed by atoms with Crippen LogP contribution >= 0.6 is 0 Å². The fourth-order valence-electron chi connectivity index (χ4n) is 1.02. The Morgan fingerprint density at radius 3 is 1.38 bits per heavy atom. The Hall–Kier alpha value is -0.200. The van der Waals surface area contributed by atoms with Gasteiger partial charge in [-0.1, -0.05) is 13.8 Å². The molecule has 0 unspecified atom stereocenters. The molecule has 0 heterocycles. The zero-order valence-electron chi connectivity index (χ0n) is 8.03. The van der Waals surface area contributed by atoms with Crippen molar-refractivity contribution < 1.29 is 25.2 Å². The second-order valence-electron chi connectivity index (χ2n) is 3.09. The fraction of sp³-hybridized carbons (Fsp3) is 1.00. The fourth-order valence-corrected chi connectivity index (χ4v) is 1.02. The summed E-state index contributed by atoms with van der Waals surface area (Å²) < 4.78 is 4.33. The van der Waals surface area contributed by atoms with Crippen LogP contribution in [0.5, 0.6) is 0 Å². The molecule has 0 fully saturated rings. The monoisotopic (exact) mass is 194 g/mol. The van der Waals surface area contributed by atoms with Gasteiger partial charge in [0, 0.05) is 12.8 Å². The van der Waals surface area contributed by atoms with Crippen LogP contribution in [0.1, 0.15) is 39.5 Å². The molecule has 0 saturated carbocycles. The highest BCUT2D eigenvalue weighted by Crippen LogP contribution is 2.20. The van der Waals surface area contributed by atoms with Crippen LogP contribution < -0.4 is 0 Å². The van der Waals surface area contributed by atoms with Crippen molar-refractivity contribution >= 4 is 0 Å². The molecule has 0 rings (SSSR count). The summed E-state index contributed by atoms with van der Waals surface area (Å²) in [5, 5.41) is 36.4. The lowest BCUT2D eigenvalue weighted by atomic mass is 10.2. The molecular weight excluding hydrogens is 176 g/mol. The van der Waals surface area contributed by atoms with E-state index in [1.165, 1.54) is 0 Å². The third-order valence-corrected chi connectivity index (χ3v) is 1.48. The van der Waals surface area contributed by atoms with Crippen LogP contribution in [0.2, 0.25) is 0 Å². The summed E-state index contributed by atoms with van der Waals surface area (Å²) in [5.74, 6) is -4.93. The van der Waals surface area contributed by atoms with Crippen molar-refractivity contribution in [1.82, 2.24) is 0 Å². The first-order chi connectivity index (χ1) is 5.83. The molecule has 0 amide bonds. The van der Waals surface area contributed by atoms with Crippen LogP contribution in [-0.4, -0.2) is 32.4 Å². The average Bonchev–Trinajstić information content (AvgIpc) is 1.82. The lowest BCUT2D eigenvalue weighted by Crippen LogP contribution is -2.44. The minimum atomic E-state index is -2.46.